The summed E-state index contributed by atoms with van der Waals surface area (Å²) >= 11 is 0. The molecule has 1 amide bonds. The molecule has 41 heavy (non-hydrogen) atoms. The first-order valence-corrected chi connectivity index (χ1v) is 14.0. The van der Waals surface area contributed by atoms with E-state index in [4.69, 9.17) is 19.2 Å². The zero-order chi connectivity index (χ0) is 28.6. The molecule has 2 saturated heterocycles. The number of anilines is 3. The van der Waals surface area contributed by atoms with E-state index in [9.17, 15) is 9.59 Å². The first-order chi connectivity index (χ1) is 20.0. The van der Waals surface area contributed by atoms with Gasteiger partial charge in [0.25, 0.3) is 0 Å². The zero-order valence-electron chi connectivity index (χ0n) is 23.4. The fourth-order valence-electron chi connectivity index (χ4n) is 5.09. The number of piperidine rings is 2. The average molecular weight is 562 g/mol. The Hall–Kier alpha value is -4.48. The van der Waals surface area contributed by atoms with Gasteiger partial charge in [-0.05, 0) is 44.7 Å². The van der Waals surface area contributed by atoms with Gasteiger partial charge in [-0.25, -0.2) is 19.7 Å². The SMILES string of the molecule is CCOc1ccccc1O[C@@H]1CCCN(c2cncc(NC(=O)C3CCN(c4ncc(C(=O)OC)cn4)CC3)n2)C1. The van der Waals surface area contributed by atoms with Crippen LogP contribution in [0.3, 0.4) is 0 Å². The summed E-state index contributed by atoms with van der Waals surface area (Å²) in [6.07, 6.45) is 9.36. The summed E-state index contributed by atoms with van der Waals surface area (Å²) in [5, 5.41) is 2.96. The highest BCUT2D eigenvalue weighted by Crippen LogP contribution is 2.30. The molecule has 5 rings (SSSR count). The summed E-state index contributed by atoms with van der Waals surface area (Å²) in [5.74, 6) is 2.43. The summed E-state index contributed by atoms with van der Waals surface area (Å²) in [7, 11) is 1.32. The maximum Gasteiger partial charge on any atom is 0.341 e. The largest absolute Gasteiger partial charge is 0.490 e. The van der Waals surface area contributed by atoms with Crippen molar-refractivity contribution in [2.45, 2.75) is 38.7 Å². The molecule has 2 aromatic heterocycles. The number of para-hydroxylation sites is 2. The van der Waals surface area contributed by atoms with E-state index in [2.05, 4.69) is 25.2 Å². The van der Waals surface area contributed by atoms with Crippen LogP contribution >= 0.6 is 0 Å². The maximum atomic E-state index is 13.1. The molecule has 0 unspecified atom stereocenters. The van der Waals surface area contributed by atoms with E-state index in [-0.39, 0.29) is 17.9 Å². The minimum atomic E-state index is -0.476. The van der Waals surface area contributed by atoms with Crippen LogP contribution in [0.1, 0.15) is 43.0 Å². The van der Waals surface area contributed by atoms with Crippen LogP contribution in [0.25, 0.3) is 0 Å². The van der Waals surface area contributed by atoms with Gasteiger partial charge < -0.3 is 29.3 Å². The number of aromatic nitrogens is 4. The number of esters is 1. The highest BCUT2D eigenvalue weighted by atomic mass is 16.5. The van der Waals surface area contributed by atoms with Crippen LogP contribution in [0.2, 0.25) is 0 Å². The lowest BCUT2D eigenvalue weighted by molar-refractivity contribution is -0.120. The van der Waals surface area contributed by atoms with Crippen molar-refractivity contribution in [2.75, 3.05) is 55.0 Å². The summed E-state index contributed by atoms with van der Waals surface area (Å²) in [4.78, 5) is 46.4. The average Bonchev–Trinajstić information content (AvgIpc) is 3.02. The number of carbonyl (C=O) groups excluding carboxylic acids is 2. The quantitative estimate of drug-likeness (QED) is 0.386. The number of carbonyl (C=O) groups is 2. The van der Waals surface area contributed by atoms with Crippen molar-refractivity contribution >= 4 is 29.5 Å². The Kier molecular flexibility index (Phi) is 9.07. The fraction of sp³-hybridized carbons (Fsp3) is 0.448. The zero-order valence-corrected chi connectivity index (χ0v) is 23.4. The number of hydrogen-bond acceptors (Lipinski definition) is 11. The molecule has 1 N–H and O–H groups in total. The molecule has 216 valence electrons. The van der Waals surface area contributed by atoms with Gasteiger partial charge in [0.1, 0.15) is 11.9 Å². The Balaban J connectivity index is 1.14. The van der Waals surface area contributed by atoms with E-state index in [1.54, 1.807) is 12.4 Å². The molecule has 1 atom stereocenters. The van der Waals surface area contributed by atoms with Gasteiger partial charge in [-0.15, -0.1) is 0 Å². The van der Waals surface area contributed by atoms with Gasteiger partial charge in [0.05, 0.1) is 38.2 Å². The molecule has 12 heteroatoms. The van der Waals surface area contributed by atoms with Gasteiger partial charge in [-0.2, -0.15) is 0 Å². The molecule has 0 bridgehead atoms. The Labute approximate surface area is 239 Å². The van der Waals surface area contributed by atoms with Crippen molar-refractivity contribution < 1.29 is 23.8 Å². The molecule has 3 aromatic rings. The van der Waals surface area contributed by atoms with Crippen LogP contribution in [-0.4, -0.2) is 77.8 Å². The summed E-state index contributed by atoms with van der Waals surface area (Å²) in [6, 6.07) is 7.72. The molecule has 0 spiro atoms. The van der Waals surface area contributed by atoms with Crippen molar-refractivity contribution in [3.05, 3.63) is 54.6 Å². The second kappa shape index (κ2) is 13.2. The summed E-state index contributed by atoms with van der Waals surface area (Å²) < 4.78 is 16.7. The molecule has 0 radical (unpaired) electrons. The van der Waals surface area contributed by atoms with Crippen LogP contribution < -0.4 is 24.6 Å². The Morgan fingerprint density at radius 1 is 0.976 bits per heavy atom. The monoisotopic (exact) mass is 561 g/mol. The number of hydrogen-bond donors (Lipinski definition) is 1. The van der Waals surface area contributed by atoms with E-state index in [0.29, 0.717) is 62.2 Å². The topological polar surface area (TPSA) is 132 Å². The summed E-state index contributed by atoms with van der Waals surface area (Å²) in [5.41, 5.74) is 0.299. The van der Waals surface area contributed by atoms with Crippen molar-refractivity contribution in [2.24, 2.45) is 5.92 Å². The number of rotatable bonds is 9. The third kappa shape index (κ3) is 7.00. The number of nitrogens with one attached hydrogen (secondary N) is 1. The van der Waals surface area contributed by atoms with Crippen molar-refractivity contribution in [1.82, 2.24) is 19.9 Å². The van der Waals surface area contributed by atoms with E-state index in [1.165, 1.54) is 19.5 Å². The standard InChI is InChI=1S/C29H35N7O5/c1-3-40-23-8-4-5-9-24(23)41-22-7-6-12-36(19-22)26-18-30-17-25(33-26)34-27(37)20-10-13-35(14-11-20)29-31-15-21(16-32-29)28(38)39-2/h4-5,8-9,15-18,20,22H,3,6-7,10-14,19H2,1-2H3,(H,33,34,37)/t22-/m1/s1. The Morgan fingerprint density at radius 3 is 2.46 bits per heavy atom. The van der Waals surface area contributed by atoms with Gasteiger partial charge in [0, 0.05) is 37.9 Å². The third-order valence-electron chi connectivity index (χ3n) is 7.23. The van der Waals surface area contributed by atoms with E-state index < -0.39 is 5.97 Å². The minimum absolute atomic E-state index is 0.0174. The Morgan fingerprint density at radius 2 is 1.73 bits per heavy atom. The molecule has 2 aliphatic heterocycles. The molecule has 0 aliphatic carbocycles. The predicted octanol–water partition coefficient (Wildman–Crippen LogP) is 3.35. The number of nitrogens with zero attached hydrogens (tertiary/aromatic N) is 6. The third-order valence-corrected chi connectivity index (χ3v) is 7.23. The van der Waals surface area contributed by atoms with Crippen molar-refractivity contribution in [3.63, 3.8) is 0 Å². The van der Waals surface area contributed by atoms with Gasteiger partial charge in [0.15, 0.2) is 17.3 Å². The van der Waals surface area contributed by atoms with E-state index in [1.807, 2.05) is 36.1 Å². The van der Waals surface area contributed by atoms with Crippen LogP contribution in [0.4, 0.5) is 17.6 Å². The van der Waals surface area contributed by atoms with Gasteiger partial charge >= 0.3 is 5.97 Å². The molecule has 2 aliphatic rings. The van der Waals surface area contributed by atoms with E-state index in [0.717, 1.165) is 30.9 Å². The van der Waals surface area contributed by atoms with Crippen LogP contribution in [0.15, 0.2) is 49.1 Å². The Bertz CT molecular complexity index is 1330. The molecule has 0 saturated carbocycles. The number of amides is 1. The second-order valence-electron chi connectivity index (χ2n) is 9.98. The van der Waals surface area contributed by atoms with Crippen molar-refractivity contribution in [1.29, 1.82) is 0 Å². The lowest BCUT2D eigenvalue weighted by Crippen LogP contribution is -2.42. The number of ether oxygens (including phenoxy) is 3. The molecular formula is C29H35N7O5. The maximum absolute atomic E-state index is 13.1. The minimum Gasteiger partial charge on any atom is -0.490 e. The number of methoxy groups -OCH3 is 1. The highest BCUT2D eigenvalue weighted by molar-refractivity contribution is 5.92. The predicted molar refractivity (Wildman–Crippen MR) is 152 cm³/mol. The molecule has 1 aromatic carbocycles. The molecule has 12 nitrogen and oxygen atoms in total. The lowest BCUT2D eigenvalue weighted by atomic mass is 9.96. The van der Waals surface area contributed by atoms with E-state index >= 15 is 0 Å². The first kappa shape index (κ1) is 28.1. The van der Waals surface area contributed by atoms with Gasteiger partial charge in [0.2, 0.25) is 11.9 Å². The normalized spacial score (nSPS) is 17.6. The molecule has 2 fully saturated rings. The summed E-state index contributed by atoms with van der Waals surface area (Å²) in [6.45, 7) is 5.28. The molecular weight excluding hydrogens is 526 g/mol. The fourth-order valence-corrected chi connectivity index (χ4v) is 5.09. The molecule has 4 heterocycles. The van der Waals surface area contributed by atoms with Crippen LogP contribution in [0.5, 0.6) is 11.5 Å². The van der Waals surface area contributed by atoms with Gasteiger partial charge in [-0.3, -0.25) is 9.78 Å². The van der Waals surface area contributed by atoms with Crippen molar-refractivity contribution in [3.8, 4) is 11.5 Å². The lowest BCUT2D eigenvalue weighted by Gasteiger charge is -2.34. The van der Waals surface area contributed by atoms with Gasteiger partial charge in [-0.1, -0.05) is 12.1 Å². The van der Waals surface area contributed by atoms with Crippen LogP contribution in [0, 0.1) is 5.92 Å². The number of benzene rings is 1. The smallest absolute Gasteiger partial charge is 0.341 e. The highest BCUT2D eigenvalue weighted by Gasteiger charge is 2.28. The first-order valence-electron chi connectivity index (χ1n) is 14.0. The van der Waals surface area contributed by atoms with Crippen LogP contribution in [-0.2, 0) is 9.53 Å². The second-order valence-corrected chi connectivity index (χ2v) is 9.98.